The standard InChI is InChI=1S/C27H40N4O4/c1-19(2)31(17-23(33)18-35-26-6-4-5-25-24(26)7-12-28-25)27(34)30-15-10-22(11-16-30)21-8-13-29(14-9-21)20(3)32/h4-7,12,19,21-23,28,33H,8-11,13-18H2,1-3H3. The Morgan fingerprint density at radius 3 is 2.29 bits per heavy atom. The maximum atomic E-state index is 13.3. The monoisotopic (exact) mass is 484 g/mol. The second kappa shape index (κ2) is 11.3. The van der Waals surface area contributed by atoms with Gasteiger partial charge in [0.1, 0.15) is 18.5 Å². The van der Waals surface area contributed by atoms with E-state index in [-0.39, 0.29) is 31.1 Å². The molecule has 8 nitrogen and oxygen atoms in total. The molecular weight excluding hydrogens is 444 g/mol. The van der Waals surface area contributed by atoms with Crippen molar-refractivity contribution in [3.63, 3.8) is 0 Å². The molecule has 192 valence electrons. The molecule has 2 aromatic rings. The fourth-order valence-electron chi connectivity index (χ4n) is 5.59. The van der Waals surface area contributed by atoms with Crippen LogP contribution in [0.1, 0.15) is 46.5 Å². The molecule has 2 fully saturated rings. The summed E-state index contributed by atoms with van der Waals surface area (Å²) in [6, 6.07) is 7.73. The number of rotatable bonds is 7. The molecule has 2 aliphatic heterocycles. The van der Waals surface area contributed by atoms with Gasteiger partial charge in [-0.25, -0.2) is 4.79 Å². The Hall–Kier alpha value is -2.74. The van der Waals surface area contributed by atoms with E-state index in [4.69, 9.17) is 4.74 Å². The quantitative estimate of drug-likeness (QED) is 0.627. The summed E-state index contributed by atoms with van der Waals surface area (Å²) in [6.45, 7) is 9.21. The minimum Gasteiger partial charge on any atom is -0.490 e. The zero-order valence-electron chi connectivity index (χ0n) is 21.3. The maximum Gasteiger partial charge on any atom is 0.320 e. The van der Waals surface area contributed by atoms with Gasteiger partial charge in [0.05, 0.1) is 6.54 Å². The molecule has 3 amide bonds. The van der Waals surface area contributed by atoms with Gasteiger partial charge < -0.3 is 29.5 Å². The number of H-pyrrole nitrogens is 1. The average molecular weight is 485 g/mol. The smallest absolute Gasteiger partial charge is 0.320 e. The first kappa shape index (κ1) is 25.4. The fraction of sp³-hybridized carbons (Fsp3) is 0.630. The lowest BCUT2D eigenvalue weighted by Gasteiger charge is -2.42. The number of nitrogens with one attached hydrogen (secondary N) is 1. The summed E-state index contributed by atoms with van der Waals surface area (Å²) in [5.41, 5.74) is 0.990. The van der Waals surface area contributed by atoms with Gasteiger partial charge in [0.25, 0.3) is 0 Å². The number of ether oxygens (including phenoxy) is 1. The summed E-state index contributed by atoms with van der Waals surface area (Å²) < 4.78 is 5.90. The van der Waals surface area contributed by atoms with Crippen molar-refractivity contribution in [2.45, 2.75) is 58.6 Å². The van der Waals surface area contributed by atoms with E-state index in [1.165, 1.54) is 0 Å². The van der Waals surface area contributed by atoms with Crippen molar-refractivity contribution >= 4 is 22.8 Å². The Balaban J connectivity index is 1.26. The lowest BCUT2D eigenvalue weighted by atomic mass is 9.79. The molecule has 4 rings (SSSR count). The highest BCUT2D eigenvalue weighted by Crippen LogP contribution is 2.33. The third-order valence-corrected chi connectivity index (χ3v) is 7.72. The van der Waals surface area contributed by atoms with Gasteiger partial charge in [0.2, 0.25) is 5.91 Å². The number of hydrogen-bond donors (Lipinski definition) is 2. The number of hydrogen-bond acceptors (Lipinski definition) is 4. The van der Waals surface area contributed by atoms with Gasteiger partial charge in [-0.2, -0.15) is 0 Å². The normalized spacial score (nSPS) is 18.8. The number of aromatic nitrogens is 1. The minimum atomic E-state index is -0.778. The highest BCUT2D eigenvalue weighted by molar-refractivity contribution is 5.85. The van der Waals surface area contributed by atoms with Crippen LogP contribution >= 0.6 is 0 Å². The van der Waals surface area contributed by atoms with Crippen molar-refractivity contribution in [3.8, 4) is 5.75 Å². The summed E-state index contributed by atoms with van der Waals surface area (Å²) in [4.78, 5) is 33.7. The summed E-state index contributed by atoms with van der Waals surface area (Å²) in [6.07, 6.45) is 5.24. The number of urea groups is 1. The van der Waals surface area contributed by atoms with Crippen molar-refractivity contribution in [2.24, 2.45) is 11.8 Å². The predicted octanol–water partition coefficient (Wildman–Crippen LogP) is 3.71. The fourth-order valence-corrected chi connectivity index (χ4v) is 5.59. The zero-order valence-corrected chi connectivity index (χ0v) is 21.3. The predicted molar refractivity (Wildman–Crippen MR) is 136 cm³/mol. The van der Waals surface area contributed by atoms with Gasteiger partial charge in [-0.05, 0) is 69.6 Å². The van der Waals surface area contributed by atoms with Crippen LogP contribution < -0.4 is 4.74 Å². The lowest BCUT2D eigenvalue weighted by molar-refractivity contribution is -0.130. The molecular formula is C27H40N4O4. The van der Waals surface area contributed by atoms with Crippen LogP contribution in [0.4, 0.5) is 4.79 Å². The number of aliphatic hydroxyl groups excluding tert-OH is 1. The van der Waals surface area contributed by atoms with E-state index < -0.39 is 6.10 Å². The Bertz CT molecular complexity index is 990. The summed E-state index contributed by atoms with van der Waals surface area (Å²) in [7, 11) is 0. The molecule has 0 aliphatic carbocycles. The number of aromatic amines is 1. The highest BCUT2D eigenvalue weighted by atomic mass is 16.5. The van der Waals surface area contributed by atoms with E-state index in [0.29, 0.717) is 11.8 Å². The topological polar surface area (TPSA) is 89.1 Å². The van der Waals surface area contributed by atoms with E-state index in [0.717, 1.165) is 68.5 Å². The van der Waals surface area contributed by atoms with Crippen LogP contribution in [-0.4, -0.2) is 88.2 Å². The second-order valence-corrected chi connectivity index (χ2v) is 10.4. The van der Waals surface area contributed by atoms with Crippen molar-refractivity contribution in [2.75, 3.05) is 39.3 Å². The Kier molecular flexibility index (Phi) is 8.21. The molecule has 35 heavy (non-hydrogen) atoms. The number of benzene rings is 1. The molecule has 2 saturated heterocycles. The van der Waals surface area contributed by atoms with Crippen LogP contribution in [-0.2, 0) is 4.79 Å². The molecule has 0 spiro atoms. The Morgan fingerprint density at radius 1 is 1.06 bits per heavy atom. The van der Waals surface area contributed by atoms with E-state index >= 15 is 0 Å². The second-order valence-electron chi connectivity index (χ2n) is 10.4. The third-order valence-electron chi connectivity index (χ3n) is 7.72. The number of likely N-dealkylation sites (tertiary alicyclic amines) is 2. The first-order valence-corrected chi connectivity index (χ1v) is 13.0. The molecule has 3 heterocycles. The number of fused-ring (bicyclic) bond motifs is 1. The Morgan fingerprint density at radius 2 is 1.69 bits per heavy atom. The maximum absolute atomic E-state index is 13.3. The molecule has 0 radical (unpaired) electrons. The SMILES string of the molecule is CC(=O)N1CCC(C2CCN(C(=O)N(CC(O)COc3cccc4[nH]ccc34)C(C)C)CC2)CC1. The van der Waals surface area contributed by atoms with Gasteiger partial charge in [-0.1, -0.05) is 6.07 Å². The van der Waals surface area contributed by atoms with Crippen LogP contribution in [0, 0.1) is 11.8 Å². The molecule has 1 aromatic carbocycles. The van der Waals surface area contributed by atoms with Crippen molar-refractivity contribution in [3.05, 3.63) is 30.5 Å². The summed E-state index contributed by atoms with van der Waals surface area (Å²) >= 11 is 0. The van der Waals surface area contributed by atoms with Gasteiger partial charge >= 0.3 is 6.03 Å². The van der Waals surface area contributed by atoms with Gasteiger partial charge in [-0.15, -0.1) is 0 Å². The molecule has 8 heteroatoms. The molecule has 1 unspecified atom stereocenters. The van der Waals surface area contributed by atoms with E-state index in [9.17, 15) is 14.7 Å². The molecule has 0 saturated carbocycles. The van der Waals surface area contributed by atoms with Crippen LogP contribution in [0.15, 0.2) is 30.5 Å². The number of nitrogens with zero attached hydrogens (tertiary/aromatic N) is 3. The van der Waals surface area contributed by atoms with E-state index in [1.54, 1.807) is 11.8 Å². The van der Waals surface area contributed by atoms with E-state index in [1.807, 2.05) is 54.1 Å². The molecule has 2 aliphatic rings. The van der Waals surface area contributed by atoms with Crippen molar-refractivity contribution in [1.82, 2.24) is 19.7 Å². The molecule has 2 N–H and O–H groups in total. The van der Waals surface area contributed by atoms with Crippen LogP contribution in [0.5, 0.6) is 5.75 Å². The van der Waals surface area contributed by atoms with Gasteiger partial charge in [0, 0.05) is 56.2 Å². The molecule has 0 bridgehead atoms. The summed E-state index contributed by atoms with van der Waals surface area (Å²) in [5, 5.41) is 11.7. The van der Waals surface area contributed by atoms with Crippen molar-refractivity contribution < 1.29 is 19.4 Å². The van der Waals surface area contributed by atoms with E-state index in [2.05, 4.69) is 4.98 Å². The third kappa shape index (κ3) is 6.10. The van der Waals surface area contributed by atoms with Crippen molar-refractivity contribution in [1.29, 1.82) is 0 Å². The zero-order chi connectivity index (χ0) is 24.9. The van der Waals surface area contributed by atoms with Gasteiger partial charge in [0.15, 0.2) is 0 Å². The number of aliphatic hydroxyl groups is 1. The lowest BCUT2D eigenvalue weighted by Crippen LogP contribution is -2.52. The average Bonchev–Trinajstić information content (AvgIpc) is 3.35. The van der Waals surface area contributed by atoms with Crippen LogP contribution in [0.3, 0.4) is 0 Å². The number of piperidine rings is 2. The van der Waals surface area contributed by atoms with Crippen LogP contribution in [0.2, 0.25) is 0 Å². The number of carbonyl (C=O) groups is 2. The first-order valence-electron chi connectivity index (χ1n) is 13.0. The first-order chi connectivity index (χ1) is 16.8. The Labute approximate surface area is 208 Å². The molecule has 1 atom stereocenters. The number of carbonyl (C=O) groups excluding carboxylic acids is 2. The minimum absolute atomic E-state index is 0.00312. The van der Waals surface area contributed by atoms with Crippen LogP contribution in [0.25, 0.3) is 10.9 Å². The molecule has 1 aromatic heterocycles. The van der Waals surface area contributed by atoms with Gasteiger partial charge in [-0.3, -0.25) is 4.79 Å². The number of amides is 3. The highest BCUT2D eigenvalue weighted by Gasteiger charge is 2.33. The largest absolute Gasteiger partial charge is 0.490 e. The summed E-state index contributed by atoms with van der Waals surface area (Å²) in [5.74, 6) is 2.16.